The van der Waals surface area contributed by atoms with Gasteiger partial charge in [-0.3, -0.25) is 0 Å². The van der Waals surface area contributed by atoms with Gasteiger partial charge in [0.1, 0.15) is 6.61 Å². The fourth-order valence-electron chi connectivity index (χ4n) is 0.129. The summed E-state index contributed by atoms with van der Waals surface area (Å²) >= 11 is 0. The molecule has 0 aromatic heterocycles. The van der Waals surface area contributed by atoms with E-state index in [1.807, 2.05) is 0 Å². The number of aliphatic hydroxyl groups excluding tert-OH is 1. The molecule has 0 bridgehead atoms. The molecule has 0 aromatic carbocycles. The van der Waals surface area contributed by atoms with Gasteiger partial charge in [0.05, 0.1) is 0 Å². The van der Waals surface area contributed by atoms with Crippen LogP contribution in [0.3, 0.4) is 0 Å². The summed E-state index contributed by atoms with van der Waals surface area (Å²) in [5, 5.41) is 8.10. The highest BCUT2D eigenvalue weighted by Gasteiger charge is 2.14. The third-order valence-corrected chi connectivity index (χ3v) is 0.390. The summed E-state index contributed by atoms with van der Waals surface area (Å²) in [6, 6.07) is 0. The van der Waals surface area contributed by atoms with Crippen LogP contribution in [0.25, 0.3) is 0 Å². The second-order valence-electron chi connectivity index (χ2n) is 0.835. The molecule has 0 spiro atoms. The van der Waals surface area contributed by atoms with E-state index in [0.29, 0.717) is 6.61 Å². The first kappa shape index (κ1) is 6.10. The maximum absolute atomic E-state index is 8.10. The molecule has 0 aromatic rings. The predicted molar refractivity (Wildman–Crippen MR) is 24.4 cm³/mol. The normalized spacial score (nSPS) is 30.5. The van der Waals surface area contributed by atoms with Crippen molar-refractivity contribution in [3.05, 3.63) is 0 Å². The Kier molecular flexibility index (Phi) is 2.34. The molecule has 1 unspecified atom stereocenters. The van der Waals surface area contributed by atoms with Crippen LogP contribution < -0.4 is 0 Å². The zero-order valence-corrected chi connectivity index (χ0v) is 2.55. The molecule has 1 aliphatic heterocycles. The Bertz CT molecular complexity index is 35.8. The van der Waals surface area contributed by atoms with Crippen molar-refractivity contribution in [1.82, 2.24) is 0 Å². The minimum absolute atomic E-state index is 0. The Morgan fingerprint density at radius 1 is 1.67 bits per heavy atom. The van der Waals surface area contributed by atoms with Gasteiger partial charge in [-0.25, -0.2) is 9.78 Å². The molecule has 1 heterocycles. The molecular formula is C2H8O3Si. The van der Waals surface area contributed by atoms with Gasteiger partial charge in [-0.05, 0) is 11.0 Å². The van der Waals surface area contributed by atoms with E-state index in [-0.39, 0.29) is 11.0 Å². The summed E-state index contributed by atoms with van der Waals surface area (Å²) in [6.45, 7) is 0.319. The van der Waals surface area contributed by atoms with Crippen LogP contribution in [0.2, 0.25) is 0 Å². The van der Waals surface area contributed by atoms with Gasteiger partial charge in [0.2, 0.25) is 6.29 Å². The lowest BCUT2D eigenvalue weighted by Gasteiger charge is -2.17. The van der Waals surface area contributed by atoms with E-state index >= 15 is 0 Å². The Morgan fingerprint density at radius 2 is 2.00 bits per heavy atom. The smallest absolute Gasteiger partial charge is 0.215 e. The molecule has 1 atom stereocenters. The second kappa shape index (κ2) is 2.30. The van der Waals surface area contributed by atoms with Crippen molar-refractivity contribution in [2.75, 3.05) is 6.61 Å². The molecule has 0 radical (unpaired) electrons. The van der Waals surface area contributed by atoms with Crippen LogP contribution in [0.4, 0.5) is 0 Å². The minimum atomic E-state index is -0.657. The molecule has 1 fully saturated rings. The van der Waals surface area contributed by atoms with Crippen molar-refractivity contribution in [3.63, 3.8) is 0 Å². The number of hydrogen-bond acceptors (Lipinski definition) is 3. The van der Waals surface area contributed by atoms with Gasteiger partial charge >= 0.3 is 0 Å². The van der Waals surface area contributed by atoms with Crippen LogP contribution >= 0.6 is 0 Å². The summed E-state index contributed by atoms with van der Waals surface area (Å²) in [6.07, 6.45) is -0.657. The average molecular weight is 108 g/mol. The fourth-order valence-corrected chi connectivity index (χ4v) is 0.129. The SMILES string of the molecule is OC1COO1.[SiH4]. The molecule has 1 rings (SSSR count). The average Bonchev–Trinajstić information content (AvgIpc) is 1.30. The Morgan fingerprint density at radius 3 is 2.00 bits per heavy atom. The largest absolute Gasteiger partial charge is 0.364 e. The molecule has 0 amide bonds. The van der Waals surface area contributed by atoms with Gasteiger partial charge in [-0.15, -0.1) is 0 Å². The molecule has 1 aliphatic rings. The molecule has 6 heavy (non-hydrogen) atoms. The monoisotopic (exact) mass is 108 g/mol. The lowest BCUT2D eigenvalue weighted by atomic mass is 10.7. The molecule has 4 heteroatoms. The van der Waals surface area contributed by atoms with E-state index in [1.165, 1.54) is 0 Å². The summed E-state index contributed by atoms with van der Waals surface area (Å²) in [5.41, 5.74) is 0. The minimum Gasteiger partial charge on any atom is -0.364 e. The molecule has 0 saturated carbocycles. The highest BCUT2D eigenvalue weighted by atomic mass is 28.1. The Balaban J connectivity index is 0.000000250. The predicted octanol–water partition coefficient (Wildman–Crippen LogP) is -2.19. The highest BCUT2D eigenvalue weighted by molar-refractivity contribution is 5.75. The summed E-state index contributed by atoms with van der Waals surface area (Å²) in [5.74, 6) is 0. The lowest BCUT2D eigenvalue weighted by molar-refractivity contribution is -0.474. The molecular weight excluding hydrogens is 100 g/mol. The molecule has 1 saturated heterocycles. The molecule has 38 valence electrons. The molecule has 1 N–H and O–H groups in total. The van der Waals surface area contributed by atoms with Crippen molar-refractivity contribution in [2.24, 2.45) is 0 Å². The summed E-state index contributed by atoms with van der Waals surface area (Å²) in [7, 11) is 0. The third-order valence-electron chi connectivity index (χ3n) is 0.390. The van der Waals surface area contributed by atoms with Crippen molar-refractivity contribution in [2.45, 2.75) is 6.29 Å². The third kappa shape index (κ3) is 1.06. The van der Waals surface area contributed by atoms with Gasteiger partial charge in [0.25, 0.3) is 0 Å². The van der Waals surface area contributed by atoms with Gasteiger partial charge < -0.3 is 5.11 Å². The van der Waals surface area contributed by atoms with Crippen LogP contribution in [-0.2, 0) is 9.78 Å². The fraction of sp³-hybridized carbons (Fsp3) is 1.00. The number of rotatable bonds is 0. The second-order valence-corrected chi connectivity index (χ2v) is 0.835. The first-order chi connectivity index (χ1) is 2.39. The van der Waals surface area contributed by atoms with Crippen LogP contribution in [0.1, 0.15) is 0 Å². The Hall–Kier alpha value is 0.0969. The number of hydrogen-bond donors (Lipinski definition) is 1. The topological polar surface area (TPSA) is 38.7 Å². The standard InChI is InChI=1S/C2H4O3.H4Si/c3-2-1-4-5-2;/h2-3H,1H2;1H4. The summed E-state index contributed by atoms with van der Waals surface area (Å²) < 4.78 is 0. The molecule has 3 nitrogen and oxygen atoms in total. The van der Waals surface area contributed by atoms with Crippen molar-refractivity contribution in [1.29, 1.82) is 0 Å². The zero-order chi connectivity index (χ0) is 3.70. The van der Waals surface area contributed by atoms with Crippen molar-refractivity contribution < 1.29 is 14.9 Å². The first-order valence-corrected chi connectivity index (χ1v) is 1.36. The van der Waals surface area contributed by atoms with Gasteiger partial charge in [0, 0.05) is 0 Å². The van der Waals surface area contributed by atoms with E-state index in [4.69, 9.17) is 5.11 Å². The van der Waals surface area contributed by atoms with Crippen LogP contribution in [-0.4, -0.2) is 29.0 Å². The van der Waals surface area contributed by atoms with Crippen LogP contribution in [0.15, 0.2) is 0 Å². The van der Waals surface area contributed by atoms with Crippen LogP contribution in [0, 0.1) is 0 Å². The van der Waals surface area contributed by atoms with E-state index < -0.39 is 6.29 Å². The number of aliphatic hydroxyl groups is 1. The van der Waals surface area contributed by atoms with Crippen LogP contribution in [0.5, 0.6) is 0 Å². The van der Waals surface area contributed by atoms with E-state index in [2.05, 4.69) is 9.78 Å². The van der Waals surface area contributed by atoms with Gasteiger partial charge in [-0.1, -0.05) is 0 Å². The Labute approximate surface area is 39.8 Å². The van der Waals surface area contributed by atoms with E-state index in [9.17, 15) is 0 Å². The molecule has 0 aliphatic carbocycles. The first-order valence-electron chi connectivity index (χ1n) is 1.36. The lowest BCUT2D eigenvalue weighted by Crippen LogP contribution is -2.29. The highest BCUT2D eigenvalue weighted by Crippen LogP contribution is 1.99. The van der Waals surface area contributed by atoms with Gasteiger partial charge in [-0.2, -0.15) is 0 Å². The summed E-state index contributed by atoms with van der Waals surface area (Å²) in [4.78, 5) is 8.07. The van der Waals surface area contributed by atoms with Crippen molar-refractivity contribution in [3.8, 4) is 0 Å². The van der Waals surface area contributed by atoms with E-state index in [0.717, 1.165) is 0 Å². The maximum Gasteiger partial charge on any atom is 0.215 e. The van der Waals surface area contributed by atoms with E-state index in [1.54, 1.807) is 0 Å². The van der Waals surface area contributed by atoms with Gasteiger partial charge in [0.15, 0.2) is 0 Å². The maximum atomic E-state index is 8.10. The quantitative estimate of drug-likeness (QED) is 0.283. The zero-order valence-electron chi connectivity index (χ0n) is 2.55. The van der Waals surface area contributed by atoms with Crippen molar-refractivity contribution >= 4 is 11.0 Å².